The number of nitrogens with one attached hydrogen (secondary N) is 1. The lowest BCUT2D eigenvalue weighted by Crippen LogP contribution is -2.07. The van der Waals surface area contributed by atoms with E-state index in [0.29, 0.717) is 17.2 Å². The van der Waals surface area contributed by atoms with Gasteiger partial charge in [0.05, 0.1) is 11.4 Å². The van der Waals surface area contributed by atoms with Gasteiger partial charge in [0, 0.05) is 17.7 Å². The Kier molecular flexibility index (Phi) is 2.71. The van der Waals surface area contributed by atoms with Gasteiger partial charge in [-0.2, -0.15) is 9.61 Å². The Morgan fingerprint density at radius 3 is 2.80 bits per heavy atom. The van der Waals surface area contributed by atoms with E-state index in [0.717, 1.165) is 16.5 Å². The fourth-order valence-corrected chi connectivity index (χ4v) is 2.08. The van der Waals surface area contributed by atoms with Crippen LogP contribution in [0.25, 0.3) is 23.6 Å². The summed E-state index contributed by atoms with van der Waals surface area (Å²) in [6, 6.07) is 7.42. The highest BCUT2D eigenvalue weighted by atomic mass is 16.1. The van der Waals surface area contributed by atoms with Crippen molar-refractivity contribution >= 4 is 23.8 Å². The largest absolute Gasteiger partial charge is 0.326 e. The number of rotatable bonds is 2. The number of aromatic nitrogens is 4. The molecule has 3 rings (SSSR count). The molecule has 0 fully saturated rings. The number of hydrogen-bond acceptors (Lipinski definition) is 4. The summed E-state index contributed by atoms with van der Waals surface area (Å²) in [6.07, 6.45) is 0. The summed E-state index contributed by atoms with van der Waals surface area (Å²) in [5.74, 6) is 0.449. The lowest BCUT2D eigenvalue weighted by molar-refractivity contribution is -0.114. The summed E-state index contributed by atoms with van der Waals surface area (Å²) >= 11 is 0. The Labute approximate surface area is 115 Å². The molecule has 0 saturated carbocycles. The maximum Gasteiger partial charge on any atom is 0.221 e. The first-order chi connectivity index (χ1) is 9.58. The van der Waals surface area contributed by atoms with Gasteiger partial charge in [-0.05, 0) is 19.1 Å². The topological polar surface area (TPSA) is 72.2 Å². The third-order valence-corrected chi connectivity index (χ3v) is 3.08. The maximum atomic E-state index is 11.3. The second-order valence-electron chi connectivity index (χ2n) is 4.55. The van der Waals surface area contributed by atoms with Crippen molar-refractivity contribution in [1.29, 1.82) is 0 Å². The molecular formula is C14H13N5O. The molecule has 0 saturated heterocycles. The number of carbonyl (C=O) groups excluding carboxylic acids is 1. The molecule has 0 atom stereocenters. The highest BCUT2D eigenvalue weighted by Crippen LogP contribution is 2.25. The molecule has 0 spiro atoms. The fraction of sp³-hybridized carbons (Fsp3) is 0.143. The molecule has 0 radical (unpaired) electrons. The van der Waals surface area contributed by atoms with Gasteiger partial charge in [-0.25, -0.2) is 0 Å². The van der Waals surface area contributed by atoms with Crippen molar-refractivity contribution in [2.45, 2.75) is 13.8 Å². The van der Waals surface area contributed by atoms with E-state index < -0.39 is 0 Å². The predicted molar refractivity (Wildman–Crippen MR) is 76.0 cm³/mol. The van der Waals surface area contributed by atoms with Gasteiger partial charge in [-0.1, -0.05) is 18.7 Å². The van der Waals surface area contributed by atoms with Crippen molar-refractivity contribution in [2.75, 3.05) is 5.32 Å². The molecule has 0 unspecified atom stereocenters. The summed E-state index contributed by atoms with van der Waals surface area (Å²) in [4.78, 5) is 11.3. The Morgan fingerprint density at radius 2 is 2.05 bits per heavy atom. The van der Waals surface area contributed by atoms with Gasteiger partial charge < -0.3 is 5.32 Å². The molecule has 0 aliphatic carbocycles. The van der Waals surface area contributed by atoms with E-state index >= 15 is 0 Å². The molecule has 2 aromatic heterocycles. The van der Waals surface area contributed by atoms with Gasteiger partial charge in [0.15, 0.2) is 11.5 Å². The van der Waals surface area contributed by atoms with Crippen LogP contribution in [-0.2, 0) is 4.79 Å². The zero-order chi connectivity index (χ0) is 14.3. The van der Waals surface area contributed by atoms with E-state index in [9.17, 15) is 4.79 Å². The molecule has 6 nitrogen and oxygen atoms in total. The van der Waals surface area contributed by atoms with Crippen molar-refractivity contribution < 1.29 is 4.79 Å². The minimum absolute atomic E-state index is 0.136. The number of anilines is 1. The van der Waals surface area contributed by atoms with E-state index in [1.165, 1.54) is 6.92 Å². The number of aryl methyl sites for hydroxylation is 1. The molecule has 20 heavy (non-hydrogen) atoms. The summed E-state index contributed by atoms with van der Waals surface area (Å²) in [5, 5.41) is 16.2. The molecule has 1 aromatic carbocycles. The van der Waals surface area contributed by atoms with E-state index in [-0.39, 0.29) is 5.91 Å². The zero-order valence-electron chi connectivity index (χ0n) is 11.2. The van der Waals surface area contributed by atoms with Crippen LogP contribution in [0.5, 0.6) is 0 Å². The van der Waals surface area contributed by atoms with Gasteiger partial charge in [-0.15, -0.1) is 10.2 Å². The smallest absolute Gasteiger partial charge is 0.221 e. The van der Waals surface area contributed by atoms with Crippen LogP contribution in [0.15, 0.2) is 24.3 Å². The molecular weight excluding hydrogens is 254 g/mol. The highest BCUT2D eigenvalue weighted by molar-refractivity contribution is 5.93. The summed E-state index contributed by atoms with van der Waals surface area (Å²) < 4.78 is 1.65. The van der Waals surface area contributed by atoms with Gasteiger partial charge >= 0.3 is 0 Å². The minimum Gasteiger partial charge on any atom is -0.326 e. The van der Waals surface area contributed by atoms with Gasteiger partial charge in [0.25, 0.3) is 0 Å². The van der Waals surface area contributed by atoms with Crippen LogP contribution < -0.4 is 10.5 Å². The molecule has 0 aliphatic heterocycles. The van der Waals surface area contributed by atoms with Gasteiger partial charge in [0.1, 0.15) is 0 Å². The minimum atomic E-state index is -0.136. The number of amides is 1. The molecule has 0 aliphatic rings. The van der Waals surface area contributed by atoms with Crippen molar-refractivity contribution in [1.82, 2.24) is 19.8 Å². The van der Waals surface area contributed by atoms with E-state index in [1.807, 2.05) is 31.2 Å². The molecule has 3 aromatic rings. The van der Waals surface area contributed by atoms with Crippen LogP contribution in [0.3, 0.4) is 0 Å². The summed E-state index contributed by atoms with van der Waals surface area (Å²) in [7, 11) is 0. The number of hydrogen-bond donors (Lipinski definition) is 1. The molecule has 1 amide bonds. The van der Waals surface area contributed by atoms with Crippen molar-refractivity contribution in [3.8, 4) is 11.4 Å². The first-order valence-electron chi connectivity index (χ1n) is 6.15. The standard InChI is InChI=1S/C14H13N5O/c1-8-9(2)18-19-13(8)16-17-14(19)11-6-4-5-7-12(11)15-10(3)20/h4-7H,1H2,2-3H3,(H,15,20). The second kappa shape index (κ2) is 4.41. The number of para-hydroxylation sites is 1. The Bertz CT molecular complexity index is 852. The Morgan fingerprint density at radius 1 is 1.30 bits per heavy atom. The molecule has 0 bridgehead atoms. The maximum absolute atomic E-state index is 11.3. The van der Waals surface area contributed by atoms with Crippen LogP contribution in [0.1, 0.15) is 12.6 Å². The van der Waals surface area contributed by atoms with Gasteiger partial charge in [-0.3, -0.25) is 4.79 Å². The number of carbonyl (C=O) groups is 1. The second-order valence-corrected chi connectivity index (χ2v) is 4.55. The average Bonchev–Trinajstić information content (AvgIpc) is 2.92. The lowest BCUT2D eigenvalue weighted by Gasteiger charge is -2.07. The monoisotopic (exact) mass is 267 g/mol. The summed E-state index contributed by atoms with van der Waals surface area (Å²) in [6.45, 7) is 7.27. The fourth-order valence-electron chi connectivity index (χ4n) is 2.08. The Hall–Kier alpha value is -2.76. The molecule has 2 heterocycles. The van der Waals surface area contributed by atoms with Crippen LogP contribution in [0.2, 0.25) is 0 Å². The predicted octanol–water partition coefficient (Wildman–Crippen LogP) is 1.19. The number of fused-ring (bicyclic) bond motifs is 1. The third-order valence-electron chi connectivity index (χ3n) is 3.08. The highest BCUT2D eigenvalue weighted by Gasteiger charge is 2.15. The van der Waals surface area contributed by atoms with Gasteiger partial charge in [0.2, 0.25) is 5.91 Å². The molecule has 6 heteroatoms. The number of nitrogens with zero attached hydrogens (tertiary/aromatic N) is 4. The van der Waals surface area contributed by atoms with Crippen molar-refractivity contribution in [3.05, 3.63) is 35.2 Å². The lowest BCUT2D eigenvalue weighted by atomic mass is 10.1. The van der Waals surface area contributed by atoms with Crippen molar-refractivity contribution in [3.63, 3.8) is 0 Å². The summed E-state index contributed by atoms with van der Waals surface area (Å²) in [5.41, 5.74) is 2.90. The normalized spacial score (nSPS) is 10.9. The van der Waals surface area contributed by atoms with E-state index in [2.05, 4.69) is 27.2 Å². The first kappa shape index (κ1) is 12.3. The quantitative estimate of drug-likeness (QED) is 0.757. The zero-order valence-corrected chi connectivity index (χ0v) is 11.2. The third kappa shape index (κ3) is 1.82. The first-order valence-corrected chi connectivity index (χ1v) is 6.15. The van der Waals surface area contributed by atoms with E-state index in [1.54, 1.807) is 4.52 Å². The molecule has 100 valence electrons. The van der Waals surface area contributed by atoms with Crippen LogP contribution in [0, 0.1) is 6.92 Å². The van der Waals surface area contributed by atoms with Crippen LogP contribution >= 0.6 is 0 Å². The van der Waals surface area contributed by atoms with Crippen LogP contribution in [0.4, 0.5) is 5.69 Å². The average molecular weight is 267 g/mol. The van der Waals surface area contributed by atoms with Crippen LogP contribution in [-0.4, -0.2) is 25.7 Å². The molecule has 1 N–H and O–H groups in total. The SMILES string of the molecule is C=c1c(C)nn2c(-c3ccccc3NC(C)=O)nnc12. The number of benzene rings is 1. The van der Waals surface area contributed by atoms with Crippen molar-refractivity contribution in [2.24, 2.45) is 0 Å². The van der Waals surface area contributed by atoms with E-state index in [4.69, 9.17) is 0 Å². The Balaban J connectivity index is 2.23.